The van der Waals surface area contributed by atoms with Crippen LogP contribution in [0.3, 0.4) is 0 Å². The minimum Gasteiger partial charge on any atom is -0.478 e. The second-order valence-electron chi connectivity index (χ2n) is 11.0. The minimum absolute atomic E-state index is 0.0512. The number of carboxylic acid groups (broad SMARTS) is 1. The van der Waals surface area contributed by atoms with Gasteiger partial charge in [0.05, 0.1) is 29.6 Å². The van der Waals surface area contributed by atoms with E-state index in [9.17, 15) is 19.5 Å². The summed E-state index contributed by atoms with van der Waals surface area (Å²) in [5, 5.41) is 15.0. The molecule has 5 atom stereocenters. The first-order valence-electron chi connectivity index (χ1n) is 14.7. The number of hydrogen-bond donors (Lipinski definition) is 3. The predicted molar refractivity (Wildman–Crippen MR) is 165 cm³/mol. The molecule has 45 heavy (non-hydrogen) atoms. The summed E-state index contributed by atoms with van der Waals surface area (Å²) in [5.74, 6) is -1.43. The Balaban J connectivity index is 1.28. The van der Waals surface area contributed by atoms with Crippen molar-refractivity contribution in [2.75, 3.05) is 25.5 Å². The average molecular weight is 612 g/mol. The van der Waals surface area contributed by atoms with Gasteiger partial charge in [-0.15, -0.1) is 0 Å². The molecule has 13 heteroatoms. The zero-order valence-electron chi connectivity index (χ0n) is 24.7. The smallest absolute Gasteiger partial charge is 0.336 e. The molecule has 0 bridgehead atoms. The second-order valence-corrected chi connectivity index (χ2v) is 11.0. The SMILES string of the molecule is CCNC(=O)Nc1ncnc2c1ncn2C1CC(CN(C)C(=O)c2ccccc2C(=O)O)C2O[C@H](/C=C/c3ccccc3)OC21. The van der Waals surface area contributed by atoms with E-state index in [1.807, 2.05) is 54.0 Å². The zero-order chi connectivity index (χ0) is 31.5. The Bertz CT molecular complexity index is 1740. The fourth-order valence-corrected chi connectivity index (χ4v) is 6.05. The van der Waals surface area contributed by atoms with Gasteiger partial charge in [0.15, 0.2) is 23.3 Å². The molecule has 3 N–H and O–H groups in total. The van der Waals surface area contributed by atoms with Crippen LogP contribution in [0.2, 0.25) is 0 Å². The number of ether oxygens (including phenoxy) is 2. The Morgan fingerprint density at radius 1 is 1.02 bits per heavy atom. The van der Waals surface area contributed by atoms with E-state index >= 15 is 0 Å². The predicted octanol–water partition coefficient (Wildman–Crippen LogP) is 3.82. The number of nitrogens with one attached hydrogen (secondary N) is 2. The van der Waals surface area contributed by atoms with Crippen LogP contribution >= 0.6 is 0 Å². The van der Waals surface area contributed by atoms with Crippen molar-refractivity contribution in [1.82, 2.24) is 29.7 Å². The van der Waals surface area contributed by atoms with E-state index in [2.05, 4.69) is 25.6 Å². The quantitative estimate of drug-likeness (QED) is 0.256. The molecule has 4 unspecified atom stereocenters. The van der Waals surface area contributed by atoms with Gasteiger partial charge in [0.2, 0.25) is 0 Å². The maximum Gasteiger partial charge on any atom is 0.336 e. The molecule has 4 aromatic rings. The molecule has 2 aromatic heterocycles. The molecule has 1 saturated heterocycles. The van der Waals surface area contributed by atoms with Crippen LogP contribution in [0.4, 0.5) is 10.6 Å². The normalized spacial score (nSPS) is 22.4. The second kappa shape index (κ2) is 12.8. The molecule has 2 fully saturated rings. The summed E-state index contributed by atoms with van der Waals surface area (Å²) in [6.07, 6.45) is 5.99. The highest BCUT2D eigenvalue weighted by Crippen LogP contribution is 2.45. The molecule has 2 aliphatic rings. The molecule has 6 rings (SSSR count). The van der Waals surface area contributed by atoms with Gasteiger partial charge in [-0.05, 0) is 37.1 Å². The number of amides is 3. The number of fused-ring (bicyclic) bond motifs is 2. The van der Waals surface area contributed by atoms with Gasteiger partial charge < -0.3 is 29.4 Å². The Morgan fingerprint density at radius 2 is 1.76 bits per heavy atom. The molecular weight excluding hydrogens is 578 g/mol. The maximum atomic E-state index is 13.4. The molecule has 232 valence electrons. The van der Waals surface area contributed by atoms with Gasteiger partial charge >= 0.3 is 12.0 Å². The van der Waals surface area contributed by atoms with Crippen molar-refractivity contribution in [3.63, 3.8) is 0 Å². The summed E-state index contributed by atoms with van der Waals surface area (Å²) >= 11 is 0. The van der Waals surface area contributed by atoms with E-state index in [1.54, 1.807) is 25.5 Å². The van der Waals surface area contributed by atoms with Gasteiger partial charge in [-0.2, -0.15) is 0 Å². The van der Waals surface area contributed by atoms with Crippen LogP contribution in [0.1, 0.15) is 45.7 Å². The van der Waals surface area contributed by atoms with E-state index < -0.39 is 30.3 Å². The first kappa shape index (κ1) is 29.9. The van der Waals surface area contributed by atoms with Crippen LogP contribution in [-0.4, -0.2) is 86.1 Å². The van der Waals surface area contributed by atoms with Crippen LogP contribution in [0.5, 0.6) is 0 Å². The van der Waals surface area contributed by atoms with Crippen molar-refractivity contribution in [3.05, 3.63) is 90.0 Å². The van der Waals surface area contributed by atoms with E-state index in [0.29, 0.717) is 30.7 Å². The van der Waals surface area contributed by atoms with E-state index in [4.69, 9.17) is 9.47 Å². The molecule has 1 saturated carbocycles. The zero-order valence-corrected chi connectivity index (χ0v) is 24.7. The first-order chi connectivity index (χ1) is 21.8. The van der Waals surface area contributed by atoms with Gasteiger partial charge in [-0.25, -0.2) is 24.5 Å². The van der Waals surface area contributed by atoms with Gasteiger partial charge in [0, 0.05) is 26.1 Å². The first-order valence-corrected chi connectivity index (χ1v) is 14.7. The van der Waals surface area contributed by atoms with E-state index in [1.165, 1.54) is 23.4 Å². The van der Waals surface area contributed by atoms with Crippen LogP contribution < -0.4 is 10.6 Å². The number of nitrogens with zero attached hydrogens (tertiary/aromatic N) is 5. The lowest BCUT2D eigenvalue weighted by Gasteiger charge is -2.25. The molecule has 3 amide bonds. The number of imidazole rings is 1. The summed E-state index contributed by atoms with van der Waals surface area (Å²) in [6.45, 7) is 2.57. The fourth-order valence-electron chi connectivity index (χ4n) is 6.05. The Hall–Kier alpha value is -5.14. The van der Waals surface area contributed by atoms with E-state index in [-0.39, 0.29) is 35.0 Å². The summed E-state index contributed by atoms with van der Waals surface area (Å²) in [7, 11) is 1.66. The molecule has 2 aromatic carbocycles. The summed E-state index contributed by atoms with van der Waals surface area (Å²) in [6, 6.07) is 15.3. The number of aromatic carboxylic acids is 1. The molecule has 1 aliphatic carbocycles. The van der Waals surface area contributed by atoms with Crippen LogP contribution in [0.25, 0.3) is 17.2 Å². The van der Waals surface area contributed by atoms with Crippen molar-refractivity contribution in [2.45, 2.75) is 37.9 Å². The monoisotopic (exact) mass is 611 g/mol. The number of aromatic nitrogens is 4. The number of rotatable bonds is 9. The largest absolute Gasteiger partial charge is 0.478 e. The number of hydrogen-bond acceptors (Lipinski definition) is 8. The Kier molecular flexibility index (Phi) is 8.54. The highest BCUT2D eigenvalue weighted by atomic mass is 16.7. The Labute approximate surface area is 258 Å². The van der Waals surface area contributed by atoms with Gasteiger partial charge in [0.1, 0.15) is 12.4 Å². The third-order valence-electron chi connectivity index (χ3n) is 8.07. The van der Waals surface area contributed by atoms with Gasteiger partial charge in [0.25, 0.3) is 5.91 Å². The van der Waals surface area contributed by atoms with Crippen molar-refractivity contribution in [3.8, 4) is 0 Å². The number of carboxylic acids is 1. The third kappa shape index (κ3) is 6.12. The lowest BCUT2D eigenvalue weighted by Crippen LogP contribution is -2.37. The molecule has 0 spiro atoms. The standard InChI is InChI=1S/C32H33N7O6/c1-3-33-32(43)37-28-25-29(35-17-34-28)39(18-36-25)23-15-20(16-38(2)30(40)21-11-7-8-12-22(21)31(41)42)26-27(23)45-24(44-26)14-13-19-9-5-4-6-10-19/h4-14,17-18,20,23-24,26-27H,3,15-16H2,1-2H3,(H,41,42)(H2,33,34,35,37,43)/b14-13+/t20?,23?,24-,26?,27?/m0/s1. The number of urea groups is 1. The lowest BCUT2D eigenvalue weighted by atomic mass is 10.0. The lowest BCUT2D eigenvalue weighted by molar-refractivity contribution is -0.0513. The molecule has 0 radical (unpaired) electrons. The van der Waals surface area contributed by atoms with Crippen LogP contribution in [-0.2, 0) is 9.47 Å². The van der Waals surface area contributed by atoms with Crippen molar-refractivity contribution < 1.29 is 29.0 Å². The maximum absolute atomic E-state index is 13.4. The van der Waals surface area contributed by atoms with E-state index in [0.717, 1.165) is 5.56 Å². The fraction of sp³-hybridized carbons (Fsp3) is 0.312. The van der Waals surface area contributed by atoms with Crippen molar-refractivity contribution in [1.29, 1.82) is 0 Å². The molecular formula is C32H33N7O6. The average Bonchev–Trinajstić information content (AvgIpc) is 3.75. The highest BCUT2D eigenvalue weighted by Gasteiger charge is 2.52. The van der Waals surface area contributed by atoms with Crippen molar-refractivity contribution in [2.24, 2.45) is 5.92 Å². The topological polar surface area (TPSA) is 161 Å². The number of carbonyl (C=O) groups is 3. The van der Waals surface area contributed by atoms with Gasteiger partial charge in [-0.3, -0.25) is 10.1 Å². The van der Waals surface area contributed by atoms with Crippen molar-refractivity contribution >= 4 is 41.0 Å². The summed E-state index contributed by atoms with van der Waals surface area (Å²) in [4.78, 5) is 52.2. The highest BCUT2D eigenvalue weighted by molar-refractivity contribution is 6.04. The molecule has 3 heterocycles. The summed E-state index contributed by atoms with van der Waals surface area (Å²) in [5.41, 5.74) is 2.02. The van der Waals surface area contributed by atoms with Gasteiger partial charge in [-0.1, -0.05) is 48.5 Å². The minimum atomic E-state index is -1.16. The van der Waals surface area contributed by atoms with Crippen LogP contribution in [0, 0.1) is 5.92 Å². The number of anilines is 1. The van der Waals surface area contributed by atoms with Crippen LogP contribution in [0.15, 0.2) is 73.3 Å². The summed E-state index contributed by atoms with van der Waals surface area (Å²) < 4.78 is 14.8. The third-order valence-corrected chi connectivity index (χ3v) is 8.07. The molecule has 13 nitrogen and oxygen atoms in total. The number of carbonyl (C=O) groups excluding carboxylic acids is 2. The number of benzene rings is 2. The molecule has 1 aliphatic heterocycles. The Morgan fingerprint density at radius 3 is 2.51 bits per heavy atom.